The molecule has 11 heavy (non-hydrogen) atoms. The summed E-state index contributed by atoms with van der Waals surface area (Å²) in [4.78, 5) is 0. The Morgan fingerprint density at radius 2 is 1.82 bits per heavy atom. The van der Waals surface area contributed by atoms with Crippen molar-refractivity contribution in [3.05, 3.63) is 30.3 Å². The maximum Gasteiger partial charge on any atom is 0.502 e. The normalized spacial score (nSPS) is 8.55. The monoisotopic (exact) mass is 351 g/mol. The molecule has 0 aliphatic rings. The van der Waals surface area contributed by atoms with Crippen LogP contribution in [0.15, 0.2) is 30.3 Å². The van der Waals surface area contributed by atoms with Gasteiger partial charge in [0.05, 0.1) is 0 Å². The number of hydrogen-bond acceptors (Lipinski definition) is 3. The van der Waals surface area contributed by atoms with Crippen LogP contribution in [0.5, 0.6) is 0 Å². The first-order chi connectivity index (χ1) is 4.84. The van der Waals surface area contributed by atoms with Crippen molar-refractivity contribution in [3.63, 3.8) is 0 Å². The van der Waals surface area contributed by atoms with E-state index in [1.807, 2.05) is 18.2 Å². The number of thiol groups is 1. The van der Waals surface area contributed by atoms with Gasteiger partial charge < -0.3 is 9.12 Å². The molecular formula is C6H7AuBO2S. The van der Waals surface area contributed by atoms with Crippen LogP contribution in [0, 0.1) is 0 Å². The molecule has 0 aliphatic carbocycles. The Balaban J connectivity index is 0.000001000. The van der Waals surface area contributed by atoms with Gasteiger partial charge >= 0.3 is 7.12 Å². The molecule has 0 bridgehead atoms. The first-order valence-corrected chi connectivity index (χ1v) is 3.24. The molecule has 63 valence electrons. The summed E-state index contributed by atoms with van der Waals surface area (Å²) in [5, 5.41) is 9.03. The van der Waals surface area contributed by atoms with Crippen LogP contribution in [0.1, 0.15) is 0 Å². The Labute approximate surface area is 87.2 Å². The second-order valence-corrected chi connectivity index (χ2v) is 2.08. The molecule has 5 heteroatoms. The van der Waals surface area contributed by atoms with Crippen molar-refractivity contribution in [2.24, 2.45) is 0 Å². The summed E-state index contributed by atoms with van der Waals surface area (Å²) < 4.78 is 4.39. The van der Waals surface area contributed by atoms with Crippen molar-refractivity contribution >= 4 is 25.5 Å². The van der Waals surface area contributed by atoms with Gasteiger partial charge in [-0.15, -0.1) is 0 Å². The van der Waals surface area contributed by atoms with E-state index in [2.05, 4.69) is 17.0 Å². The predicted octanol–water partition coefficient (Wildman–Crippen LogP) is 0.233. The Hall–Kier alpha value is 0.295. The standard InChI is InChI=1S/C6H7BO2S.Au/c8-7(9-10)6-4-2-1-3-5-6;/h1-5,8,10H;. The third-order valence-corrected chi connectivity index (χ3v) is 1.38. The molecule has 0 saturated carbocycles. The molecular weight excluding hydrogens is 344 g/mol. The summed E-state index contributed by atoms with van der Waals surface area (Å²) in [6, 6.07) is 9.05. The van der Waals surface area contributed by atoms with Gasteiger partial charge in [-0.25, -0.2) is 0 Å². The quantitative estimate of drug-likeness (QED) is 0.454. The van der Waals surface area contributed by atoms with Gasteiger partial charge in [0, 0.05) is 22.4 Å². The first-order valence-electron chi connectivity index (χ1n) is 2.88. The van der Waals surface area contributed by atoms with E-state index < -0.39 is 7.12 Å². The second kappa shape index (κ2) is 5.88. The zero-order valence-electron chi connectivity index (χ0n) is 5.57. The van der Waals surface area contributed by atoms with Crippen LogP contribution in [-0.4, -0.2) is 12.1 Å². The third-order valence-electron chi connectivity index (χ3n) is 1.18. The zero-order valence-corrected chi connectivity index (χ0v) is 8.63. The maximum absolute atomic E-state index is 9.03. The van der Waals surface area contributed by atoms with Gasteiger partial charge in [0.15, 0.2) is 0 Å². The molecule has 1 aromatic rings. The summed E-state index contributed by atoms with van der Waals surface area (Å²) in [5.74, 6) is 0. The van der Waals surface area contributed by atoms with Gasteiger partial charge in [0.2, 0.25) is 0 Å². The molecule has 0 spiro atoms. The van der Waals surface area contributed by atoms with E-state index in [0.29, 0.717) is 5.46 Å². The summed E-state index contributed by atoms with van der Waals surface area (Å²) in [6.45, 7) is 0. The van der Waals surface area contributed by atoms with Crippen LogP contribution in [-0.2, 0) is 26.5 Å². The molecule has 0 aromatic heterocycles. The van der Waals surface area contributed by atoms with E-state index in [-0.39, 0.29) is 22.4 Å². The van der Waals surface area contributed by atoms with Crippen LogP contribution in [0.2, 0.25) is 0 Å². The van der Waals surface area contributed by atoms with Crippen molar-refractivity contribution in [2.75, 3.05) is 0 Å². The summed E-state index contributed by atoms with van der Waals surface area (Å²) in [6.07, 6.45) is 0. The fraction of sp³-hybridized carbons (Fsp3) is 0. The number of hydrogen-bond donors (Lipinski definition) is 2. The average Bonchev–Trinajstić information content (AvgIpc) is 2.05. The largest absolute Gasteiger partial charge is 0.502 e. The maximum atomic E-state index is 9.03. The van der Waals surface area contributed by atoms with E-state index in [0.717, 1.165) is 0 Å². The molecule has 0 fully saturated rings. The SMILES string of the molecule is OB(OS)c1ccccc1.[Au]. The third kappa shape index (κ3) is 3.47. The Kier molecular flexibility index (Phi) is 6.04. The molecule has 0 saturated heterocycles. The summed E-state index contributed by atoms with van der Waals surface area (Å²) in [7, 11) is -0.926. The van der Waals surface area contributed by atoms with Crippen molar-refractivity contribution in [2.45, 2.75) is 0 Å². The molecule has 2 nitrogen and oxygen atoms in total. The molecule has 0 atom stereocenters. The van der Waals surface area contributed by atoms with Crippen LogP contribution in [0.4, 0.5) is 0 Å². The van der Waals surface area contributed by atoms with Gasteiger partial charge in [-0.3, -0.25) is 0 Å². The van der Waals surface area contributed by atoms with E-state index >= 15 is 0 Å². The predicted molar refractivity (Wildman–Crippen MR) is 44.1 cm³/mol. The van der Waals surface area contributed by atoms with Gasteiger partial charge in [0.1, 0.15) is 0 Å². The molecule has 1 aromatic carbocycles. The van der Waals surface area contributed by atoms with Gasteiger partial charge in [-0.2, -0.15) is 0 Å². The van der Waals surface area contributed by atoms with E-state index in [4.69, 9.17) is 5.02 Å². The summed E-state index contributed by atoms with van der Waals surface area (Å²) in [5.41, 5.74) is 0.706. The average molecular weight is 351 g/mol. The van der Waals surface area contributed by atoms with Crippen molar-refractivity contribution in [3.8, 4) is 0 Å². The van der Waals surface area contributed by atoms with Gasteiger partial charge in [-0.05, 0) is 18.4 Å². The minimum absolute atomic E-state index is 0. The molecule has 1 rings (SSSR count). The van der Waals surface area contributed by atoms with Gasteiger partial charge in [-0.1, -0.05) is 30.3 Å². The van der Waals surface area contributed by atoms with Crippen LogP contribution in [0.3, 0.4) is 0 Å². The zero-order chi connectivity index (χ0) is 7.40. The van der Waals surface area contributed by atoms with Crippen LogP contribution >= 0.6 is 12.9 Å². The van der Waals surface area contributed by atoms with Crippen molar-refractivity contribution < 1.29 is 31.5 Å². The molecule has 0 heterocycles. The minimum Gasteiger partial charge on any atom is -0.423 e. The molecule has 0 aliphatic heterocycles. The van der Waals surface area contributed by atoms with Gasteiger partial charge in [0.25, 0.3) is 0 Å². The fourth-order valence-corrected chi connectivity index (χ4v) is 0.800. The van der Waals surface area contributed by atoms with E-state index in [1.165, 1.54) is 0 Å². The van der Waals surface area contributed by atoms with Crippen molar-refractivity contribution in [1.29, 1.82) is 0 Å². The topological polar surface area (TPSA) is 29.5 Å². The van der Waals surface area contributed by atoms with E-state index in [9.17, 15) is 0 Å². The smallest absolute Gasteiger partial charge is 0.423 e. The fourth-order valence-electron chi connectivity index (χ4n) is 0.679. The Morgan fingerprint density at radius 3 is 2.27 bits per heavy atom. The van der Waals surface area contributed by atoms with Crippen LogP contribution < -0.4 is 5.46 Å². The minimum atomic E-state index is -0.926. The summed E-state index contributed by atoms with van der Waals surface area (Å²) >= 11 is 3.48. The molecule has 1 radical (unpaired) electrons. The number of benzene rings is 1. The first kappa shape index (κ1) is 11.3. The van der Waals surface area contributed by atoms with E-state index in [1.54, 1.807) is 12.1 Å². The van der Waals surface area contributed by atoms with Crippen molar-refractivity contribution in [1.82, 2.24) is 0 Å². The number of rotatable bonds is 2. The second-order valence-electron chi connectivity index (χ2n) is 1.87. The molecule has 1 N–H and O–H groups in total. The Morgan fingerprint density at radius 1 is 1.27 bits per heavy atom. The molecule has 0 amide bonds. The molecule has 0 unspecified atom stereocenters. The van der Waals surface area contributed by atoms with Crippen LogP contribution in [0.25, 0.3) is 0 Å². The Bertz CT molecular complexity index is 197.